The molecule has 1 heterocycles. The van der Waals surface area contributed by atoms with E-state index in [9.17, 15) is 4.79 Å². The Morgan fingerprint density at radius 2 is 2.08 bits per heavy atom. The maximum Gasteiger partial charge on any atom is 0.248 e. The Hall–Kier alpha value is -0.700. The molecule has 0 saturated heterocycles. The highest BCUT2D eigenvalue weighted by molar-refractivity contribution is 7.99. The summed E-state index contributed by atoms with van der Waals surface area (Å²) in [6.45, 7) is 0. The van der Waals surface area contributed by atoms with Crippen LogP contribution in [0.2, 0.25) is 0 Å². The predicted octanol–water partition coefficient (Wildman–Crippen LogP) is 2.41. The summed E-state index contributed by atoms with van der Waals surface area (Å²) in [6, 6.07) is 5.35. The Morgan fingerprint density at radius 3 is 2.77 bits per heavy atom. The first-order valence-corrected chi connectivity index (χ1v) is 5.58. The number of nitrogens with one attached hydrogen (secondary N) is 1. The fourth-order valence-electron chi connectivity index (χ4n) is 1.68. The lowest BCUT2D eigenvalue weighted by molar-refractivity contribution is 0.886. The third-order valence-electron chi connectivity index (χ3n) is 2.34. The second-order valence-corrected chi connectivity index (χ2v) is 4.75. The average molecular weight is 195 g/mol. The van der Waals surface area contributed by atoms with Gasteiger partial charge in [-0.25, -0.2) is 0 Å². The standard InChI is InChI=1S/C10H13NOS/c12-9-6-3-7-10(11-9)13-8-4-1-2-5-8/h3,6-8H,1-2,4-5H2,(H,11,12). The monoisotopic (exact) mass is 195 g/mol. The van der Waals surface area contributed by atoms with Gasteiger partial charge >= 0.3 is 0 Å². The van der Waals surface area contributed by atoms with E-state index < -0.39 is 0 Å². The van der Waals surface area contributed by atoms with E-state index in [4.69, 9.17) is 0 Å². The molecule has 1 aromatic rings. The van der Waals surface area contributed by atoms with Crippen molar-refractivity contribution in [2.24, 2.45) is 0 Å². The zero-order valence-electron chi connectivity index (χ0n) is 7.45. The molecule has 0 bridgehead atoms. The van der Waals surface area contributed by atoms with Gasteiger partial charge in [0.05, 0.1) is 5.03 Å². The van der Waals surface area contributed by atoms with E-state index >= 15 is 0 Å². The first-order chi connectivity index (χ1) is 6.34. The summed E-state index contributed by atoms with van der Waals surface area (Å²) in [5.41, 5.74) is 0.00277. The van der Waals surface area contributed by atoms with Crippen LogP contribution in [0.25, 0.3) is 0 Å². The molecule has 2 rings (SSSR count). The van der Waals surface area contributed by atoms with E-state index in [-0.39, 0.29) is 5.56 Å². The second-order valence-electron chi connectivity index (χ2n) is 3.40. The third-order valence-corrected chi connectivity index (χ3v) is 3.63. The number of thioether (sulfide) groups is 1. The number of H-pyrrole nitrogens is 1. The molecule has 0 aromatic carbocycles. The Kier molecular flexibility index (Phi) is 2.74. The molecule has 0 aliphatic heterocycles. The summed E-state index contributed by atoms with van der Waals surface area (Å²) >= 11 is 1.81. The fraction of sp³-hybridized carbons (Fsp3) is 0.500. The highest BCUT2D eigenvalue weighted by atomic mass is 32.2. The molecular weight excluding hydrogens is 182 g/mol. The van der Waals surface area contributed by atoms with E-state index in [1.54, 1.807) is 6.07 Å². The predicted molar refractivity (Wildman–Crippen MR) is 55.2 cm³/mol. The molecule has 0 unspecified atom stereocenters. The minimum atomic E-state index is 0.00277. The van der Waals surface area contributed by atoms with Crippen LogP contribution in [0.1, 0.15) is 25.7 Å². The van der Waals surface area contributed by atoms with Crippen molar-refractivity contribution in [2.45, 2.75) is 36.0 Å². The van der Waals surface area contributed by atoms with Gasteiger partial charge in [-0.15, -0.1) is 11.8 Å². The lowest BCUT2D eigenvalue weighted by Gasteiger charge is -2.06. The van der Waals surface area contributed by atoms with E-state index in [0.29, 0.717) is 0 Å². The minimum Gasteiger partial charge on any atom is -0.317 e. The number of pyridine rings is 1. The Bertz CT molecular complexity index is 328. The Labute approximate surface area is 81.8 Å². The minimum absolute atomic E-state index is 0.00277. The maximum atomic E-state index is 11.0. The molecule has 1 fully saturated rings. The van der Waals surface area contributed by atoms with Gasteiger partial charge in [-0.1, -0.05) is 18.9 Å². The lowest BCUT2D eigenvalue weighted by atomic mass is 10.4. The molecule has 0 spiro atoms. The van der Waals surface area contributed by atoms with Gasteiger partial charge in [-0.2, -0.15) is 0 Å². The van der Waals surface area contributed by atoms with Gasteiger partial charge in [-0.3, -0.25) is 4.79 Å². The normalized spacial score (nSPS) is 17.8. The van der Waals surface area contributed by atoms with Gasteiger partial charge in [0, 0.05) is 11.3 Å². The number of rotatable bonds is 2. The molecule has 0 amide bonds. The van der Waals surface area contributed by atoms with Gasteiger partial charge in [0.25, 0.3) is 0 Å². The van der Waals surface area contributed by atoms with Crippen LogP contribution in [0.4, 0.5) is 0 Å². The second kappa shape index (κ2) is 4.01. The number of aromatic amines is 1. The number of hydrogen-bond acceptors (Lipinski definition) is 2. The van der Waals surface area contributed by atoms with Crippen LogP contribution in [-0.2, 0) is 0 Å². The van der Waals surface area contributed by atoms with Gasteiger partial charge < -0.3 is 4.98 Å². The van der Waals surface area contributed by atoms with Crippen molar-refractivity contribution in [1.29, 1.82) is 0 Å². The summed E-state index contributed by atoms with van der Waals surface area (Å²) in [5, 5.41) is 1.73. The van der Waals surface area contributed by atoms with Crippen molar-refractivity contribution < 1.29 is 0 Å². The van der Waals surface area contributed by atoms with Crippen molar-refractivity contribution in [3.63, 3.8) is 0 Å². The van der Waals surface area contributed by atoms with Crippen LogP contribution in [0.5, 0.6) is 0 Å². The van der Waals surface area contributed by atoms with Crippen molar-refractivity contribution >= 4 is 11.8 Å². The summed E-state index contributed by atoms with van der Waals surface area (Å²) in [6.07, 6.45) is 5.27. The van der Waals surface area contributed by atoms with Gasteiger partial charge in [-0.05, 0) is 18.9 Å². The Morgan fingerprint density at radius 1 is 1.31 bits per heavy atom. The number of aromatic nitrogens is 1. The maximum absolute atomic E-state index is 11.0. The van der Waals surface area contributed by atoms with Crippen molar-refractivity contribution in [3.05, 3.63) is 28.6 Å². The van der Waals surface area contributed by atoms with Crippen LogP contribution in [0.3, 0.4) is 0 Å². The average Bonchev–Trinajstić information content (AvgIpc) is 2.57. The largest absolute Gasteiger partial charge is 0.317 e. The molecule has 0 atom stereocenters. The van der Waals surface area contributed by atoms with Crippen molar-refractivity contribution in [3.8, 4) is 0 Å². The summed E-state index contributed by atoms with van der Waals surface area (Å²) in [7, 11) is 0. The van der Waals surface area contributed by atoms with Crippen LogP contribution in [0.15, 0.2) is 28.0 Å². The zero-order valence-corrected chi connectivity index (χ0v) is 8.27. The third kappa shape index (κ3) is 2.37. The first kappa shape index (κ1) is 8.88. The fourth-order valence-corrected chi connectivity index (χ4v) is 2.93. The van der Waals surface area contributed by atoms with Crippen molar-refractivity contribution in [1.82, 2.24) is 4.98 Å². The number of hydrogen-bond donors (Lipinski definition) is 1. The summed E-state index contributed by atoms with van der Waals surface area (Å²) in [4.78, 5) is 13.8. The van der Waals surface area contributed by atoms with Gasteiger partial charge in [0.15, 0.2) is 0 Å². The SMILES string of the molecule is O=c1cccc(SC2CCCC2)[nH]1. The van der Waals surface area contributed by atoms with Crippen LogP contribution >= 0.6 is 11.8 Å². The highest BCUT2D eigenvalue weighted by Crippen LogP contribution is 2.32. The Balaban J connectivity index is 2.04. The summed E-state index contributed by atoms with van der Waals surface area (Å²) in [5.74, 6) is 0. The molecule has 1 aromatic heterocycles. The van der Waals surface area contributed by atoms with E-state index in [1.807, 2.05) is 23.9 Å². The van der Waals surface area contributed by atoms with E-state index in [2.05, 4.69) is 4.98 Å². The highest BCUT2D eigenvalue weighted by Gasteiger charge is 2.15. The molecule has 0 radical (unpaired) electrons. The van der Waals surface area contributed by atoms with Crippen LogP contribution in [-0.4, -0.2) is 10.2 Å². The van der Waals surface area contributed by atoms with Gasteiger partial charge in [0.2, 0.25) is 5.56 Å². The smallest absolute Gasteiger partial charge is 0.248 e. The topological polar surface area (TPSA) is 32.9 Å². The molecular formula is C10H13NOS. The van der Waals surface area contributed by atoms with E-state index in [1.165, 1.54) is 25.7 Å². The molecule has 1 aliphatic rings. The van der Waals surface area contributed by atoms with Crippen LogP contribution < -0.4 is 5.56 Å². The molecule has 2 nitrogen and oxygen atoms in total. The molecule has 13 heavy (non-hydrogen) atoms. The lowest BCUT2D eigenvalue weighted by Crippen LogP contribution is -2.04. The van der Waals surface area contributed by atoms with Crippen molar-refractivity contribution in [2.75, 3.05) is 0 Å². The molecule has 1 N–H and O–H groups in total. The molecule has 1 saturated carbocycles. The zero-order chi connectivity index (χ0) is 9.10. The van der Waals surface area contributed by atoms with Crippen LogP contribution in [0, 0.1) is 0 Å². The quantitative estimate of drug-likeness (QED) is 0.786. The first-order valence-electron chi connectivity index (χ1n) is 4.70. The van der Waals surface area contributed by atoms with E-state index in [0.717, 1.165) is 10.3 Å². The van der Waals surface area contributed by atoms with Gasteiger partial charge in [0.1, 0.15) is 0 Å². The summed E-state index contributed by atoms with van der Waals surface area (Å²) < 4.78 is 0. The molecule has 3 heteroatoms. The molecule has 1 aliphatic carbocycles. The molecule has 70 valence electrons.